The predicted molar refractivity (Wildman–Crippen MR) is 111 cm³/mol. The van der Waals surface area contributed by atoms with E-state index in [1.54, 1.807) is 0 Å². The molecule has 0 amide bonds. The summed E-state index contributed by atoms with van der Waals surface area (Å²) >= 11 is 0. The Balaban J connectivity index is 1.81. The molecule has 0 bridgehead atoms. The number of rotatable bonds is 2. The normalized spacial score (nSPS) is 16.2. The Morgan fingerprint density at radius 1 is 0.857 bits per heavy atom. The molecule has 1 aliphatic heterocycles. The molecule has 1 aromatic heterocycles. The summed E-state index contributed by atoms with van der Waals surface area (Å²) in [5, 5.41) is 0. The topological polar surface area (TPSA) is 42.7 Å². The molecule has 28 heavy (non-hydrogen) atoms. The van der Waals surface area contributed by atoms with Crippen LogP contribution in [0.15, 0.2) is 63.8 Å². The maximum atomic E-state index is 13.3. The van der Waals surface area contributed by atoms with Crippen LogP contribution in [0.1, 0.15) is 17.5 Å². The number of anilines is 1. The Labute approximate surface area is 164 Å². The molecule has 4 nitrogen and oxygen atoms in total. The first-order valence-corrected chi connectivity index (χ1v) is 9.99. The molecule has 1 fully saturated rings. The van der Waals surface area contributed by atoms with Crippen LogP contribution < -0.4 is 10.5 Å². The molecule has 2 aliphatic rings. The van der Waals surface area contributed by atoms with Crippen LogP contribution in [0.25, 0.3) is 22.5 Å². The van der Waals surface area contributed by atoms with Crippen molar-refractivity contribution in [1.82, 2.24) is 0 Å². The highest BCUT2D eigenvalue weighted by Crippen LogP contribution is 2.41. The molecule has 0 radical (unpaired) electrons. The Morgan fingerprint density at radius 2 is 1.61 bits per heavy atom. The van der Waals surface area contributed by atoms with Crippen LogP contribution in [-0.2, 0) is 17.6 Å². The first kappa shape index (κ1) is 17.3. The van der Waals surface area contributed by atoms with E-state index >= 15 is 0 Å². The molecule has 142 valence electrons. The third kappa shape index (κ3) is 2.94. The summed E-state index contributed by atoms with van der Waals surface area (Å²) in [5.74, 6) is 0.749. The van der Waals surface area contributed by atoms with Gasteiger partial charge < -0.3 is 14.1 Å². The molecule has 2 heterocycles. The molecule has 3 aromatic rings. The number of aryl methyl sites for hydroxylation is 1. The van der Waals surface area contributed by atoms with E-state index in [1.807, 2.05) is 36.4 Å². The zero-order valence-electron chi connectivity index (χ0n) is 15.8. The third-order valence-corrected chi connectivity index (χ3v) is 5.72. The monoisotopic (exact) mass is 373 g/mol. The zero-order chi connectivity index (χ0) is 18.9. The molecule has 0 N–H and O–H groups in total. The Bertz CT molecular complexity index is 1050. The maximum absolute atomic E-state index is 13.3. The van der Waals surface area contributed by atoms with Gasteiger partial charge in [-0.1, -0.05) is 54.6 Å². The van der Waals surface area contributed by atoms with E-state index in [2.05, 4.69) is 23.1 Å². The van der Waals surface area contributed by atoms with Gasteiger partial charge in [0.25, 0.3) is 0 Å². The second-order valence-electron chi connectivity index (χ2n) is 7.40. The molecule has 1 aliphatic carbocycles. The number of nitrogens with zero attached hydrogens (tertiary/aromatic N) is 1. The molecule has 2 aromatic carbocycles. The lowest BCUT2D eigenvalue weighted by Gasteiger charge is -2.32. The van der Waals surface area contributed by atoms with E-state index in [0.717, 1.165) is 60.5 Å². The van der Waals surface area contributed by atoms with Crippen molar-refractivity contribution in [2.45, 2.75) is 19.3 Å². The van der Waals surface area contributed by atoms with Crippen LogP contribution in [0, 0.1) is 0 Å². The van der Waals surface area contributed by atoms with E-state index in [9.17, 15) is 4.79 Å². The van der Waals surface area contributed by atoms with Crippen LogP contribution in [0.4, 0.5) is 5.69 Å². The number of morpholine rings is 1. The standard InChI is InChI=1S/C24H23NO3/c26-24-21(18-8-2-1-3-9-18)22(25-13-15-27-16-14-25)20-12-6-10-17-7-4-5-11-19(17)23(20)28-24/h1-5,7-9,11H,6,10,12-16H2. The summed E-state index contributed by atoms with van der Waals surface area (Å²) in [5.41, 5.74) is 5.84. The molecule has 0 unspecified atom stereocenters. The lowest BCUT2D eigenvalue weighted by atomic mass is 9.96. The second-order valence-corrected chi connectivity index (χ2v) is 7.40. The van der Waals surface area contributed by atoms with Gasteiger partial charge in [-0.15, -0.1) is 0 Å². The van der Waals surface area contributed by atoms with E-state index in [1.165, 1.54) is 5.56 Å². The summed E-state index contributed by atoms with van der Waals surface area (Å²) in [6.45, 7) is 2.94. The average Bonchev–Trinajstić information content (AvgIpc) is 2.93. The van der Waals surface area contributed by atoms with Gasteiger partial charge in [-0.3, -0.25) is 0 Å². The van der Waals surface area contributed by atoms with Crippen LogP contribution in [0.3, 0.4) is 0 Å². The highest BCUT2D eigenvalue weighted by molar-refractivity contribution is 5.85. The maximum Gasteiger partial charge on any atom is 0.346 e. The number of hydrogen-bond donors (Lipinski definition) is 0. The van der Waals surface area contributed by atoms with E-state index < -0.39 is 0 Å². The third-order valence-electron chi connectivity index (χ3n) is 5.72. The minimum absolute atomic E-state index is 0.261. The summed E-state index contributed by atoms with van der Waals surface area (Å²) in [6.07, 6.45) is 2.95. The van der Waals surface area contributed by atoms with Crippen molar-refractivity contribution >= 4 is 5.69 Å². The first-order valence-electron chi connectivity index (χ1n) is 9.99. The lowest BCUT2D eigenvalue weighted by molar-refractivity contribution is 0.122. The first-order chi connectivity index (χ1) is 13.8. The zero-order valence-corrected chi connectivity index (χ0v) is 15.8. The van der Waals surface area contributed by atoms with Crippen molar-refractivity contribution in [1.29, 1.82) is 0 Å². The number of benzene rings is 2. The minimum Gasteiger partial charge on any atom is -0.422 e. The van der Waals surface area contributed by atoms with Gasteiger partial charge in [0, 0.05) is 24.2 Å². The minimum atomic E-state index is -0.261. The van der Waals surface area contributed by atoms with Gasteiger partial charge >= 0.3 is 5.63 Å². The van der Waals surface area contributed by atoms with Gasteiger partial charge in [0.1, 0.15) is 5.76 Å². The van der Waals surface area contributed by atoms with Crippen molar-refractivity contribution in [2.75, 3.05) is 31.2 Å². The fourth-order valence-corrected chi connectivity index (χ4v) is 4.42. The Morgan fingerprint density at radius 3 is 2.43 bits per heavy atom. The van der Waals surface area contributed by atoms with Crippen molar-refractivity contribution < 1.29 is 9.15 Å². The van der Waals surface area contributed by atoms with Crippen LogP contribution in [0.2, 0.25) is 0 Å². The van der Waals surface area contributed by atoms with Crippen molar-refractivity contribution in [3.8, 4) is 22.5 Å². The molecular weight excluding hydrogens is 350 g/mol. The van der Waals surface area contributed by atoms with Gasteiger partial charge in [0.05, 0.1) is 24.5 Å². The molecule has 0 saturated carbocycles. The highest BCUT2D eigenvalue weighted by Gasteiger charge is 2.28. The number of hydrogen-bond acceptors (Lipinski definition) is 4. The number of ether oxygens (including phenoxy) is 1. The van der Waals surface area contributed by atoms with Crippen LogP contribution >= 0.6 is 0 Å². The van der Waals surface area contributed by atoms with Crippen LogP contribution in [-0.4, -0.2) is 26.3 Å². The summed E-state index contributed by atoms with van der Waals surface area (Å²) in [4.78, 5) is 15.6. The largest absolute Gasteiger partial charge is 0.422 e. The molecule has 1 saturated heterocycles. The van der Waals surface area contributed by atoms with E-state index in [4.69, 9.17) is 9.15 Å². The van der Waals surface area contributed by atoms with Crippen molar-refractivity contribution in [3.63, 3.8) is 0 Å². The molecule has 5 rings (SSSR count). The lowest BCUT2D eigenvalue weighted by Crippen LogP contribution is -2.38. The van der Waals surface area contributed by atoms with Crippen molar-refractivity contribution in [3.05, 3.63) is 76.1 Å². The SMILES string of the molecule is O=c1oc2c(c(N3CCOCC3)c1-c1ccccc1)CCCc1ccccc1-2. The summed E-state index contributed by atoms with van der Waals surface area (Å²) in [6, 6.07) is 18.2. The quantitative estimate of drug-likeness (QED) is 0.672. The van der Waals surface area contributed by atoms with Gasteiger partial charge in [-0.25, -0.2) is 4.79 Å². The molecule has 4 heteroatoms. The van der Waals surface area contributed by atoms with Gasteiger partial charge in [-0.2, -0.15) is 0 Å². The summed E-state index contributed by atoms with van der Waals surface area (Å²) < 4.78 is 11.6. The number of fused-ring (bicyclic) bond motifs is 3. The van der Waals surface area contributed by atoms with Gasteiger partial charge in [0.2, 0.25) is 0 Å². The Kier molecular flexibility index (Phi) is 4.49. The van der Waals surface area contributed by atoms with Gasteiger partial charge in [0.15, 0.2) is 0 Å². The Hall–Kier alpha value is -2.85. The van der Waals surface area contributed by atoms with Crippen molar-refractivity contribution in [2.24, 2.45) is 0 Å². The smallest absolute Gasteiger partial charge is 0.346 e. The molecular formula is C24H23NO3. The van der Waals surface area contributed by atoms with Crippen LogP contribution in [0.5, 0.6) is 0 Å². The highest BCUT2D eigenvalue weighted by atomic mass is 16.5. The van der Waals surface area contributed by atoms with E-state index in [0.29, 0.717) is 18.8 Å². The average molecular weight is 373 g/mol. The van der Waals surface area contributed by atoms with Gasteiger partial charge in [-0.05, 0) is 30.4 Å². The molecule has 0 spiro atoms. The van der Waals surface area contributed by atoms with E-state index in [-0.39, 0.29) is 5.63 Å². The predicted octanol–water partition coefficient (Wildman–Crippen LogP) is 4.30. The summed E-state index contributed by atoms with van der Waals surface area (Å²) in [7, 11) is 0. The second kappa shape index (κ2) is 7.28. The fourth-order valence-electron chi connectivity index (χ4n) is 4.42. The molecule has 0 atom stereocenters. The fraction of sp³-hybridized carbons (Fsp3) is 0.292.